The Bertz CT molecular complexity index is 925. The maximum atomic E-state index is 13.7. The molecular weight excluding hydrogens is 388 g/mol. The van der Waals surface area contributed by atoms with Crippen molar-refractivity contribution in [1.82, 2.24) is 25.9 Å². The van der Waals surface area contributed by atoms with Gasteiger partial charge >= 0.3 is 0 Å². The highest BCUT2D eigenvalue weighted by molar-refractivity contribution is 5.77. The van der Waals surface area contributed by atoms with Crippen molar-refractivity contribution in [3.8, 4) is 5.69 Å². The largest absolute Gasteiger partial charge is 0.349 e. The van der Waals surface area contributed by atoms with Gasteiger partial charge in [0.15, 0.2) is 0 Å². The van der Waals surface area contributed by atoms with Gasteiger partial charge in [-0.05, 0) is 50.2 Å². The molecule has 1 amide bonds. The van der Waals surface area contributed by atoms with E-state index in [1.807, 2.05) is 0 Å². The summed E-state index contributed by atoms with van der Waals surface area (Å²) in [6, 6.07) is 3.92. The summed E-state index contributed by atoms with van der Waals surface area (Å²) in [5.74, 6) is -0.720. The molecule has 4 atom stereocenters. The van der Waals surface area contributed by atoms with Crippen LogP contribution in [-0.2, 0) is 11.2 Å². The van der Waals surface area contributed by atoms with Crippen LogP contribution in [0, 0.1) is 17.6 Å². The van der Waals surface area contributed by atoms with Gasteiger partial charge in [0.05, 0.1) is 17.9 Å². The molecule has 0 spiro atoms. The monoisotopic (exact) mass is 415 g/mol. The summed E-state index contributed by atoms with van der Waals surface area (Å²) >= 11 is 0. The molecular formula is C22H27F2N5O. The number of rotatable bonds is 4. The lowest BCUT2D eigenvalue weighted by atomic mass is 9.81. The molecule has 5 rings (SSSR count). The van der Waals surface area contributed by atoms with Gasteiger partial charge in [0.25, 0.3) is 0 Å². The van der Waals surface area contributed by atoms with Crippen molar-refractivity contribution >= 4 is 5.91 Å². The number of nitrogens with one attached hydrogen (secondary N) is 3. The Morgan fingerprint density at radius 2 is 1.90 bits per heavy atom. The Morgan fingerprint density at radius 1 is 1.10 bits per heavy atom. The summed E-state index contributed by atoms with van der Waals surface area (Å²) < 4.78 is 28.9. The average Bonchev–Trinajstić information content (AvgIpc) is 3.32. The minimum absolute atomic E-state index is 0.0305. The zero-order valence-electron chi connectivity index (χ0n) is 16.8. The molecule has 2 fully saturated rings. The number of carbonyl (C=O) groups excluding carboxylic acids is 1. The lowest BCUT2D eigenvalue weighted by Gasteiger charge is -2.28. The molecule has 2 aromatic rings. The fourth-order valence-electron chi connectivity index (χ4n) is 5.39. The highest BCUT2D eigenvalue weighted by Crippen LogP contribution is 2.33. The first-order chi connectivity index (χ1) is 14.6. The van der Waals surface area contributed by atoms with E-state index < -0.39 is 11.6 Å². The highest BCUT2D eigenvalue weighted by Gasteiger charge is 2.38. The summed E-state index contributed by atoms with van der Waals surface area (Å²) in [7, 11) is 0. The van der Waals surface area contributed by atoms with Gasteiger partial charge in [-0.1, -0.05) is 12.8 Å². The number of aromatic nitrogens is 2. The first kappa shape index (κ1) is 19.6. The first-order valence-electron chi connectivity index (χ1n) is 10.9. The van der Waals surface area contributed by atoms with E-state index in [4.69, 9.17) is 0 Å². The SMILES string of the molecule is O=C(CC1NNC2CCCCC21)NC1CCCc2c1cnn2-c1cc(F)cc(F)c1. The number of amides is 1. The Labute approximate surface area is 174 Å². The lowest BCUT2D eigenvalue weighted by molar-refractivity contribution is -0.122. The number of hydrogen-bond donors (Lipinski definition) is 3. The Morgan fingerprint density at radius 3 is 2.73 bits per heavy atom. The van der Waals surface area contributed by atoms with Crippen molar-refractivity contribution in [1.29, 1.82) is 0 Å². The number of carbonyl (C=O) groups is 1. The van der Waals surface area contributed by atoms with Crippen LogP contribution in [0.15, 0.2) is 24.4 Å². The Balaban J connectivity index is 1.29. The summed E-state index contributed by atoms with van der Waals surface area (Å²) in [5.41, 5.74) is 8.89. The molecule has 1 saturated carbocycles. The molecule has 3 N–H and O–H groups in total. The second kappa shape index (κ2) is 8.07. The normalized spacial score (nSPS) is 28.1. The van der Waals surface area contributed by atoms with E-state index in [9.17, 15) is 13.6 Å². The van der Waals surface area contributed by atoms with Crippen LogP contribution in [0.3, 0.4) is 0 Å². The Hall–Kier alpha value is -2.32. The number of hydrogen-bond acceptors (Lipinski definition) is 4. The van der Waals surface area contributed by atoms with Crippen LogP contribution in [0.5, 0.6) is 0 Å². The van der Waals surface area contributed by atoms with E-state index in [0.717, 1.165) is 43.0 Å². The van der Waals surface area contributed by atoms with Crippen LogP contribution < -0.4 is 16.2 Å². The number of fused-ring (bicyclic) bond motifs is 2. The van der Waals surface area contributed by atoms with Gasteiger partial charge in [0, 0.05) is 35.8 Å². The van der Waals surface area contributed by atoms with Crippen molar-refractivity contribution in [3.63, 3.8) is 0 Å². The van der Waals surface area contributed by atoms with Crippen LogP contribution in [0.25, 0.3) is 5.69 Å². The molecule has 2 aliphatic carbocycles. The van der Waals surface area contributed by atoms with Gasteiger partial charge in [-0.25, -0.2) is 13.5 Å². The maximum absolute atomic E-state index is 13.7. The van der Waals surface area contributed by atoms with Crippen LogP contribution in [0.1, 0.15) is 62.2 Å². The highest BCUT2D eigenvalue weighted by atomic mass is 19.1. The van der Waals surface area contributed by atoms with Crippen molar-refractivity contribution in [2.75, 3.05) is 0 Å². The van der Waals surface area contributed by atoms with Gasteiger partial charge in [-0.3, -0.25) is 15.6 Å². The molecule has 4 unspecified atom stereocenters. The summed E-state index contributed by atoms with van der Waals surface area (Å²) in [4.78, 5) is 12.8. The van der Waals surface area contributed by atoms with Gasteiger partial charge in [0.2, 0.25) is 5.91 Å². The van der Waals surface area contributed by atoms with Gasteiger partial charge in [0.1, 0.15) is 11.6 Å². The van der Waals surface area contributed by atoms with Crippen LogP contribution in [0.4, 0.5) is 8.78 Å². The minimum atomic E-state index is -0.631. The molecule has 30 heavy (non-hydrogen) atoms. The fraction of sp³-hybridized carbons (Fsp3) is 0.545. The molecule has 1 saturated heterocycles. The van der Waals surface area contributed by atoms with Gasteiger partial charge in [-0.15, -0.1) is 0 Å². The fourth-order valence-corrected chi connectivity index (χ4v) is 5.39. The number of hydrazine groups is 1. The van der Waals surface area contributed by atoms with E-state index in [2.05, 4.69) is 21.3 Å². The number of benzene rings is 1. The third-order valence-corrected chi connectivity index (χ3v) is 6.81. The molecule has 2 heterocycles. The first-order valence-corrected chi connectivity index (χ1v) is 10.9. The standard InChI is InChI=1S/C22H27F2N5O/c23-13-8-14(24)10-15(9-13)29-21-7-3-6-18(17(21)12-25-29)26-22(30)11-20-16-4-1-2-5-19(16)27-28-20/h8-10,12,16,18-20,27-28H,1-7,11H2,(H,26,30). The van der Waals surface area contributed by atoms with Crippen LogP contribution in [0.2, 0.25) is 0 Å². The third kappa shape index (κ3) is 3.74. The molecule has 8 heteroatoms. The predicted molar refractivity (Wildman–Crippen MR) is 108 cm³/mol. The second-order valence-corrected chi connectivity index (χ2v) is 8.75. The second-order valence-electron chi connectivity index (χ2n) is 8.75. The zero-order valence-corrected chi connectivity index (χ0v) is 16.8. The molecule has 6 nitrogen and oxygen atoms in total. The van der Waals surface area contributed by atoms with Crippen LogP contribution in [-0.4, -0.2) is 27.8 Å². The molecule has 1 aromatic heterocycles. The van der Waals surface area contributed by atoms with Crippen molar-refractivity contribution in [2.24, 2.45) is 5.92 Å². The van der Waals surface area contributed by atoms with E-state index in [1.54, 1.807) is 10.9 Å². The number of halogens is 2. The quantitative estimate of drug-likeness (QED) is 0.718. The Kier molecular flexibility index (Phi) is 5.28. The molecule has 1 aliphatic heterocycles. The number of nitrogens with zero attached hydrogens (tertiary/aromatic N) is 2. The molecule has 0 bridgehead atoms. The van der Waals surface area contributed by atoms with Crippen molar-refractivity contribution in [3.05, 3.63) is 47.3 Å². The summed E-state index contributed by atoms with van der Waals surface area (Å²) in [6.07, 6.45) is 9.46. The van der Waals surface area contributed by atoms with E-state index in [-0.39, 0.29) is 18.0 Å². The molecule has 0 radical (unpaired) electrons. The topological polar surface area (TPSA) is 71.0 Å². The summed E-state index contributed by atoms with van der Waals surface area (Å²) in [5, 5.41) is 7.55. The lowest BCUT2D eigenvalue weighted by Crippen LogP contribution is -2.39. The average molecular weight is 415 g/mol. The van der Waals surface area contributed by atoms with Crippen LogP contribution >= 0.6 is 0 Å². The van der Waals surface area contributed by atoms with Crippen molar-refractivity contribution in [2.45, 2.75) is 69.5 Å². The van der Waals surface area contributed by atoms with Gasteiger partial charge < -0.3 is 5.32 Å². The maximum Gasteiger partial charge on any atom is 0.222 e. The van der Waals surface area contributed by atoms with E-state index >= 15 is 0 Å². The minimum Gasteiger partial charge on any atom is -0.349 e. The third-order valence-electron chi connectivity index (χ3n) is 6.81. The molecule has 3 aliphatic rings. The molecule has 160 valence electrons. The smallest absolute Gasteiger partial charge is 0.222 e. The summed E-state index contributed by atoms with van der Waals surface area (Å²) in [6.45, 7) is 0. The van der Waals surface area contributed by atoms with Gasteiger partial charge in [-0.2, -0.15) is 5.10 Å². The van der Waals surface area contributed by atoms with E-state index in [0.29, 0.717) is 24.1 Å². The molecule has 1 aromatic carbocycles. The van der Waals surface area contributed by atoms with Crippen molar-refractivity contribution < 1.29 is 13.6 Å². The van der Waals surface area contributed by atoms with E-state index in [1.165, 1.54) is 31.4 Å². The predicted octanol–water partition coefficient (Wildman–Crippen LogP) is 3.07. The zero-order chi connectivity index (χ0) is 20.7.